The van der Waals surface area contributed by atoms with Crippen molar-refractivity contribution in [2.45, 2.75) is 60.9 Å². The number of carbonyl (C=O) groups excluding carboxylic acids is 4. The Kier molecular flexibility index (Phi) is 7.26. The van der Waals surface area contributed by atoms with Crippen LogP contribution in [0.15, 0.2) is 30.3 Å². The van der Waals surface area contributed by atoms with Crippen LogP contribution >= 0.6 is 11.8 Å². The Balaban J connectivity index is 1.55. The summed E-state index contributed by atoms with van der Waals surface area (Å²) in [7, 11) is 0. The van der Waals surface area contributed by atoms with E-state index in [9.17, 15) is 24.4 Å². The van der Waals surface area contributed by atoms with Crippen LogP contribution < -0.4 is 16.4 Å². The number of thioether (sulfide) groups is 1. The first-order valence-corrected chi connectivity index (χ1v) is 12.3. The molecule has 4 amide bonds. The second kappa shape index (κ2) is 10.3. The summed E-state index contributed by atoms with van der Waals surface area (Å²) < 4.78 is 5.01. The van der Waals surface area contributed by atoms with Gasteiger partial charge in [-0.1, -0.05) is 30.3 Å². The standard InChI is InChI=1S/C23H27N5O5S/c24-12-15(11-14-8-9-26-20(14)29)27-21(30)19-17(10-13-4-2-1-3-5-13)34-18-7-6-16(33-23(25)32)22(31)28(18)19/h1-5,14-19H,6-11H2,(H2,25,32)(H,26,29)(H,27,30)/t14-,15-,16-,17?,18-,19-/m0/s1. The Hall–Kier alpha value is -3.26. The normalized spacial score (nSPS) is 29.0. The third kappa shape index (κ3) is 5.12. The molecule has 0 radical (unpaired) electrons. The molecule has 4 rings (SSSR count). The highest BCUT2D eigenvalue weighted by Crippen LogP contribution is 2.43. The van der Waals surface area contributed by atoms with Crippen molar-refractivity contribution >= 4 is 35.6 Å². The van der Waals surface area contributed by atoms with Crippen LogP contribution in [0.1, 0.15) is 31.2 Å². The summed E-state index contributed by atoms with van der Waals surface area (Å²) in [5.74, 6) is -1.36. The predicted molar refractivity (Wildman–Crippen MR) is 123 cm³/mol. The van der Waals surface area contributed by atoms with Gasteiger partial charge in [0, 0.05) is 17.7 Å². The zero-order valence-corrected chi connectivity index (χ0v) is 19.3. The zero-order chi connectivity index (χ0) is 24.2. The Morgan fingerprint density at radius 2 is 2.03 bits per heavy atom. The molecule has 0 bridgehead atoms. The molecule has 34 heavy (non-hydrogen) atoms. The molecular weight excluding hydrogens is 458 g/mol. The van der Waals surface area contributed by atoms with Crippen LogP contribution in [-0.2, 0) is 25.5 Å². The molecule has 3 saturated heterocycles. The van der Waals surface area contributed by atoms with Gasteiger partial charge in [0.05, 0.1) is 11.4 Å². The van der Waals surface area contributed by atoms with E-state index in [1.165, 1.54) is 4.90 Å². The lowest BCUT2D eigenvalue weighted by Crippen LogP contribution is -2.58. The quantitative estimate of drug-likeness (QED) is 0.512. The van der Waals surface area contributed by atoms with Gasteiger partial charge in [-0.05, 0) is 37.7 Å². The third-order valence-electron chi connectivity index (χ3n) is 6.46. The number of rotatable bonds is 7. The summed E-state index contributed by atoms with van der Waals surface area (Å²) in [5, 5.41) is 14.6. The van der Waals surface area contributed by atoms with Crippen molar-refractivity contribution in [1.82, 2.24) is 15.5 Å². The van der Waals surface area contributed by atoms with E-state index in [2.05, 4.69) is 16.7 Å². The molecule has 1 aromatic carbocycles. The smallest absolute Gasteiger partial charge is 0.405 e. The highest BCUT2D eigenvalue weighted by Gasteiger charge is 2.52. The number of ether oxygens (including phenoxy) is 1. The van der Waals surface area contributed by atoms with E-state index >= 15 is 0 Å². The summed E-state index contributed by atoms with van der Waals surface area (Å²) >= 11 is 1.54. The van der Waals surface area contributed by atoms with E-state index in [4.69, 9.17) is 10.5 Å². The monoisotopic (exact) mass is 485 g/mol. The molecular formula is C23H27N5O5S. The van der Waals surface area contributed by atoms with Crippen molar-refractivity contribution in [2.24, 2.45) is 11.7 Å². The van der Waals surface area contributed by atoms with Crippen LogP contribution in [0.4, 0.5) is 4.79 Å². The number of carbonyl (C=O) groups is 4. The van der Waals surface area contributed by atoms with Crippen molar-refractivity contribution in [3.8, 4) is 6.07 Å². The van der Waals surface area contributed by atoms with E-state index in [-0.39, 0.29) is 28.9 Å². The lowest BCUT2D eigenvalue weighted by Gasteiger charge is -2.36. The molecule has 0 spiro atoms. The van der Waals surface area contributed by atoms with E-state index in [1.54, 1.807) is 11.8 Å². The first kappa shape index (κ1) is 23.9. The topological polar surface area (TPSA) is 155 Å². The number of amides is 4. The lowest BCUT2D eigenvalue weighted by atomic mass is 9.97. The fourth-order valence-corrected chi connectivity index (χ4v) is 6.61. The highest BCUT2D eigenvalue weighted by molar-refractivity contribution is 8.00. The van der Waals surface area contributed by atoms with Crippen LogP contribution in [0.5, 0.6) is 0 Å². The minimum Gasteiger partial charge on any atom is -0.436 e. The fourth-order valence-electron chi connectivity index (χ4n) is 4.88. The van der Waals surface area contributed by atoms with Gasteiger partial charge in [0.2, 0.25) is 11.8 Å². The minimum atomic E-state index is -1.04. The van der Waals surface area contributed by atoms with Crippen LogP contribution in [0.3, 0.4) is 0 Å². The van der Waals surface area contributed by atoms with E-state index in [1.807, 2.05) is 30.3 Å². The van der Waals surface area contributed by atoms with Crippen molar-refractivity contribution < 1.29 is 23.9 Å². The number of nitrogens with zero attached hydrogens (tertiary/aromatic N) is 2. The molecule has 1 aromatic rings. The average molecular weight is 486 g/mol. The van der Waals surface area contributed by atoms with Gasteiger partial charge in [-0.15, -0.1) is 11.8 Å². The maximum Gasteiger partial charge on any atom is 0.405 e. The Morgan fingerprint density at radius 1 is 1.26 bits per heavy atom. The van der Waals surface area contributed by atoms with Gasteiger partial charge < -0.3 is 26.0 Å². The van der Waals surface area contributed by atoms with Crippen molar-refractivity contribution in [2.75, 3.05) is 6.54 Å². The molecule has 4 N–H and O–H groups in total. The molecule has 10 nitrogen and oxygen atoms in total. The number of nitrogens with one attached hydrogen (secondary N) is 2. The molecule has 3 aliphatic rings. The first-order chi connectivity index (χ1) is 16.4. The van der Waals surface area contributed by atoms with Gasteiger partial charge in [-0.3, -0.25) is 14.4 Å². The minimum absolute atomic E-state index is 0.120. The van der Waals surface area contributed by atoms with Gasteiger partial charge in [0.15, 0.2) is 6.10 Å². The number of hydrogen-bond donors (Lipinski definition) is 3. The van der Waals surface area contributed by atoms with E-state index < -0.39 is 36.1 Å². The summed E-state index contributed by atoms with van der Waals surface area (Å²) in [5.41, 5.74) is 6.16. The number of piperidine rings is 1. The molecule has 3 heterocycles. The first-order valence-electron chi connectivity index (χ1n) is 11.3. The second-order valence-electron chi connectivity index (χ2n) is 8.71. The molecule has 11 heteroatoms. The molecule has 180 valence electrons. The third-order valence-corrected chi connectivity index (χ3v) is 8.01. The maximum atomic E-state index is 13.5. The SMILES string of the molecule is N#C[C@H](C[C@@H]1CCNC1=O)NC(=O)[C@@H]1C(Cc2ccccc2)S[C@H]2CC[C@H](OC(N)=O)C(=O)N21. The van der Waals surface area contributed by atoms with Crippen LogP contribution in [0, 0.1) is 17.2 Å². The number of benzene rings is 1. The van der Waals surface area contributed by atoms with Gasteiger partial charge in [0.25, 0.3) is 5.91 Å². The van der Waals surface area contributed by atoms with Crippen molar-refractivity contribution in [3.05, 3.63) is 35.9 Å². The van der Waals surface area contributed by atoms with Crippen molar-refractivity contribution in [3.63, 3.8) is 0 Å². The summed E-state index contributed by atoms with van der Waals surface area (Å²) in [6.45, 7) is 0.555. The highest BCUT2D eigenvalue weighted by atomic mass is 32.2. The molecule has 0 saturated carbocycles. The Morgan fingerprint density at radius 3 is 2.68 bits per heavy atom. The summed E-state index contributed by atoms with van der Waals surface area (Å²) in [6, 6.07) is 10.0. The Bertz CT molecular complexity index is 999. The predicted octanol–water partition coefficient (Wildman–Crippen LogP) is 0.660. The molecule has 6 atom stereocenters. The maximum absolute atomic E-state index is 13.5. The Labute approximate surface area is 201 Å². The van der Waals surface area contributed by atoms with Crippen LogP contribution in [0.2, 0.25) is 0 Å². The van der Waals surface area contributed by atoms with Gasteiger partial charge in [0.1, 0.15) is 12.1 Å². The largest absolute Gasteiger partial charge is 0.436 e. The molecule has 3 fully saturated rings. The molecule has 1 unspecified atom stereocenters. The fraction of sp³-hybridized carbons (Fsp3) is 0.522. The molecule has 0 aliphatic carbocycles. The van der Waals surface area contributed by atoms with Crippen LogP contribution in [-0.4, -0.2) is 64.1 Å². The second-order valence-corrected chi connectivity index (χ2v) is 10.1. The van der Waals surface area contributed by atoms with Gasteiger partial charge in [-0.2, -0.15) is 5.26 Å². The van der Waals surface area contributed by atoms with E-state index in [0.717, 1.165) is 5.56 Å². The summed E-state index contributed by atoms with van der Waals surface area (Å²) in [4.78, 5) is 51.4. The number of nitriles is 1. The average Bonchev–Trinajstić information content (AvgIpc) is 3.38. The van der Waals surface area contributed by atoms with Gasteiger partial charge >= 0.3 is 6.09 Å². The summed E-state index contributed by atoms with van der Waals surface area (Å²) in [6.07, 6.45) is 0.184. The number of fused-ring (bicyclic) bond motifs is 1. The van der Waals surface area contributed by atoms with Crippen LogP contribution in [0.25, 0.3) is 0 Å². The lowest BCUT2D eigenvalue weighted by molar-refractivity contribution is -0.151. The number of nitrogens with two attached hydrogens (primary N) is 1. The number of hydrogen-bond acceptors (Lipinski definition) is 7. The van der Waals surface area contributed by atoms with Gasteiger partial charge in [-0.25, -0.2) is 4.79 Å². The zero-order valence-electron chi connectivity index (χ0n) is 18.5. The number of primary amides is 1. The molecule has 0 aromatic heterocycles. The van der Waals surface area contributed by atoms with E-state index in [0.29, 0.717) is 32.2 Å². The molecule has 3 aliphatic heterocycles. The van der Waals surface area contributed by atoms with Crippen molar-refractivity contribution in [1.29, 1.82) is 5.26 Å².